The fourth-order valence-electron chi connectivity index (χ4n) is 2.68. The summed E-state index contributed by atoms with van der Waals surface area (Å²) in [6.45, 7) is 4.81. The van der Waals surface area contributed by atoms with Crippen LogP contribution in [0.5, 0.6) is 0 Å². The van der Waals surface area contributed by atoms with Crippen LogP contribution in [0.2, 0.25) is 0 Å². The number of nitrogens with one attached hydrogen (secondary N) is 1. The number of sulfone groups is 1. The summed E-state index contributed by atoms with van der Waals surface area (Å²) < 4.78 is 28.7. The quantitative estimate of drug-likeness (QED) is 0.748. The average molecular weight is 290 g/mol. The van der Waals surface area contributed by atoms with Gasteiger partial charge in [0, 0.05) is 13.1 Å². The zero-order chi connectivity index (χ0) is 13.9. The zero-order valence-corrected chi connectivity index (χ0v) is 12.1. The molecule has 2 atom stereocenters. The Bertz CT molecular complexity index is 423. The Balaban J connectivity index is 1.87. The predicted molar refractivity (Wildman–Crippen MR) is 71.7 cm³/mol. The summed E-state index contributed by atoms with van der Waals surface area (Å²) >= 11 is 0. The third-order valence-electron chi connectivity index (χ3n) is 3.91. The maximum Gasteiger partial charge on any atom is 0.239 e. The normalized spacial score (nSPS) is 31.2. The van der Waals surface area contributed by atoms with Crippen LogP contribution in [0.15, 0.2) is 0 Å². The molecule has 2 aliphatic heterocycles. The lowest BCUT2D eigenvalue weighted by atomic mass is 10.2. The van der Waals surface area contributed by atoms with Gasteiger partial charge in [-0.3, -0.25) is 9.69 Å². The summed E-state index contributed by atoms with van der Waals surface area (Å²) in [6.07, 6.45) is 1.36. The van der Waals surface area contributed by atoms with Crippen molar-refractivity contribution in [1.29, 1.82) is 0 Å². The number of morpholine rings is 1. The van der Waals surface area contributed by atoms with Crippen molar-refractivity contribution in [2.75, 3.05) is 38.6 Å². The molecular weight excluding hydrogens is 268 g/mol. The third-order valence-corrected chi connectivity index (χ3v) is 6.19. The van der Waals surface area contributed by atoms with Crippen LogP contribution in [0.3, 0.4) is 0 Å². The minimum Gasteiger partial charge on any atom is -0.378 e. The monoisotopic (exact) mass is 290 g/mol. The molecule has 1 N–H and O–H groups in total. The second kappa shape index (κ2) is 6.19. The molecule has 0 aromatic carbocycles. The van der Waals surface area contributed by atoms with E-state index in [2.05, 4.69) is 10.2 Å². The number of nitrogens with zero attached hydrogens (tertiary/aromatic N) is 1. The van der Waals surface area contributed by atoms with Crippen molar-refractivity contribution < 1.29 is 17.9 Å². The largest absolute Gasteiger partial charge is 0.378 e. The maximum atomic E-state index is 12.1. The van der Waals surface area contributed by atoms with Crippen molar-refractivity contribution in [3.05, 3.63) is 0 Å². The summed E-state index contributed by atoms with van der Waals surface area (Å²) in [5.74, 6) is 0.130. The van der Waals surface area contributed by atoms with Gasteiger partial charge in [-0.1, -0.05) is 6.92 Å². The number of carbonyl (C=O) groups excluding carboxylic acids is 1. The van der Waals surface area contributed by atoms with E-state index in [-0.39, 0.29) is 24.2 Å². The topological polar surface area (TPSA) is 75.7 Å². The van der Waals surface area contributed by atoms with Crippen LogP contribution in [0.4, 0.5) is 0 Å². The zero-order valence-electron chi connectivity index (χ0n) is 11.3. The van der Waals surface area contributed by atoms with Gasteiger partial charge in [0.2, 0.25) is 5.91 Å². The summed E-state index contributed by atoms with van der Waals surface area (Å²) in [7, 11) is -2.99. The lowest BCUT2D eigenvalue weighted by Gasteiger charge is -2.33. The highest BCUT2D eigenvalue weighted by atomic mass is 32.2. The van der Waals surface area contributed by atoms with Gasteiger partial charge in [-0.25, -0.2) is 8.42 Å². The van der Waals surface area contributed by atoms with Crippen molar-refractivity contribution in [2.24, 2.45) is 0 Å². The number of amides is 1. The Kier molecular flexibility index (Phi) is 4.81. The number of likely N-dealkylation sites (N-methyl/N-ethyl adjacent to an activating group) is 1. The van der Waals surface area contributed by atoms with Gasteiger partial charge < -0.3 is 10.1 Å². The van der Waals surface area contributed by atoms with E-state index in [1.54, 1.807) is 0 Å². The summed E-state index contributed by atoms with van der Waals surface area (Å²) in [5, 5.41) is 2.37. The van der Waals surface area contributed by atoms with E-state index in [0.29, 0.717) is 26.1 Å². The van der Waals surface area contributed by atoms with Gasteiger partial charge >= 0.3 is 0 Å². The predicted octanol–water partition coefficient (Wildman–Crippen LogP) is -0.599. The Labute approximate surface area is 114 Å². The van der Waals surface area contributed by atoms with Crippen molar-refractivity contribution in [1.82, 2.24) is 10.2 Å². The smallest absolute Gasteiger partial charge is 0.239 e. The van der Waals surface area contributed by atoms with Crippen LogP contribution >= 0.6 is 0 Å². The van der Waals surface area contributed by atoms with Crippen molar-refractivity contribution >= 4 is 15.7 Å². The molecule has 0 radical (unpaired) electrons. The SMILES string of the molecule is CCN1CCOCC1C(=O)NCC1CCCS1(=O)=O. The molecule has 0 saturated carbocycles. The van der Waals surface area contributed by atoms with Gasteiger partial charge in [0.15, 0.2) is 9.84 Å². The molecule has 0 aromatic rings. The van der Waals surface area contributed by atoms with Gasteiger partial charge in [0.1, 0.15) is 6.04 Å². The molecule has 2 fully saturated rings. The molecule has 2 saturated heterocycles. The first-order chi connectivity index (χ1) is 9.04. The van der Waals surface area contributed by atoms with E-state index in [1.807, 2.05) is 6.92 Å². The molecular formula is C12H22N2O4S. The van der Waals surface area contributed by atoms with E-state index in [9.17, 15) is 13.2 Å². The van der Waals surface area contributed by atoms with Crippen LogP contribution in [0.1, 0.15) is 19.8 Å². The number of hydrogen-bond acceptors (Lipinski definition) is 5. The number of hydrogen-bond donors (Lipinski definition) is 1. The Hall–Kier alpha value is -0.660. The van der Waals surface area contributed by atoms with E-state index in [0.717, 1.165) is 13.1 Å². The highest BCUT2D eigenvalue weighted by molar-refractivity contribution is 7.92. The fraction of sp³-hybridized carbons (Fsp3) is 0.917. The molecule has 0 aliphatic carbocycles. The fourth-order valence-corrected chi connectivity index (χ4v) is 4.44. The maximum absolute atomic E-state index is 12.1. The van der Waals surface area contributed by atoms with Gasteiger partial charge in [0.05, 0.1) is 24.2 Å². The second-order valence-corrected chi connectivity index (χ2v) is 7.50. The molecule has 0 spiro atoms. The lowest BCUT2D eigenvalue weighted by molar-refractivity contribution is -0.132. The molecule has 6 nitrogen and oxygen atoms in total. The molecule has 19 heavy (non-hydrogen) atoms. The van der Waals surface area contributed by atoms with Crippen molar-refractivity contribution in [3.63, 3.8) is 0 Å². The highest BCUT2D eigenvalue weighted by Gasteiger charge is 2.33. The van der Waals surface area contributed by atoms with E-state index in [4.69, 9.17) is 4.74 Å². The van der Waals surface area contributed by atoms with E-state index < -0.39 is 15.1 Å². The minimum absolute atomic E-state index is 0.122. The van der Waals surface area contributed by atoms with Crippen LogP contribution in [0, 0.1) is 0 Å². The van der Waals surface area contributed by atoms with Gasteiger partial charge in [0.25, 0.3) is 0 Å². The van der Waals surface area contributed by atoms with Crippen molar-refractivity contribution in [3.8, 4) is 0 Å². The summed E-state index contributed by atoms with van der Waals surface area (Å²) in [4.78, 5) is 14.2. The number of ether oxygens (including phenoxy) is 1. The summed E-state index contributed by atoms with van der Waals surface area (Å²) in [6, 6.07) is -0.289. The molecule has 2 heterocycles. The van der Waals surface area contributed by atoms with Crippen LogP contribution < -0.4 is 5.32 Å². The standard InChI is InChI=1S/C12H22N2O4S/c1-2-14-5-6-18-9-11(14)12(15)13-8-10-4-3-7-19(10,16)17/h10-11H,2-9H2,1H3,(H,13,15). The first kappa shape index (κ1) is 14.7. The Morgan fingerprint density at radius 1 is 1.47 bits per heavy atom. The molecule has 2 aliphatic rings. The third kappa shape index (κ3) is 3.46. The second-order valence-electron chi connectivity index (χ2n) is 5.10. The first-order valence-electron chi connectivity index (χ1n) is 6.85. The van der Waals surface area contributed by atoms with Gasteiger partial charge in [-0.05, 0) is 19.4 Å². The van der Waals surface area contributed by atoms with Gasteiger partial charge in [-0.2, -0.15) is 0 Å². The minimum atomic E-state index is -2.99. The highest BCUT2D eigenvalue weighted by Crippen LogP contribution is 2.19. The molecule has 2 unspecified atom stereocenters. The molecule has 0 bridgehead atoms. The van der Waals surface area contributed by atoms with E-state index in [1.165, 1.54) is 0 Å². The van der Waals surface area contributed by atoms with Crippen LogP contribution in [-0.4, -0.2) is 69.1 Å². The van der Waals surface area contributed by atoms with E-state index >= 15 is 0 Å². The molecule has 1 amide bonds. The van der Waals surface area contributed by atoms with Gasteiger partial charge in [-0.15, -0.1) is 0 Å². The average Bonchev–Trinajstić information content (AvgIpc) is 2.75. The molecule has 0 aromatic heterocycles. The first-order valence-corrected chi connectivity index (χ1v) is 8.57. The summed E-state index contributed by atoms with van der Waals surface area (Å²) in [5.41, 5.74) is 0. The Morgan fingerprint density at radius 2 is 2.26 bits per heavy atom. The number of rotatable bonds is 4. The Morgan fingerprint density at radius 3 is 2.89 bits per heavy atom. The lowest BCUT2D eigenvalue weighted by Crippen LogP contribution is -2.54. The van der Waals surface area contributed by atoms with Crippen LogP contribution in [0.25, 0.3) is 0 Å². The molecule has 110 valence electrons. The molecule has 7 heteroatoms. The number of carbonyl (C=O) groups is 1. The van der Waals surface area contributed by atoms with Crippen molar-refractivity contribution in [2.45, 2.75) is 31.1 Å². The van der Waals surface area contributed by atoms with Crippen LogP contribution in [-0.2, 0) is 19.4 Å². The molecule has 2 rings (SSSR count).